The van der Waals surface area contributed by atoms with Crippen LogP contribution in [0.15, 0.2) is 34.2 Å². The van der Waals surface area contributed by atoms with Crippen LogP contribution in [0.4, 0.5) is 0 Å². The predicted octanol–water partition coefficient (Wildman–Crippen LogP) is 3.55. The lowest BCUT2D eigenvalue weighted by Gasteiger charge is -2.34. The molecule has 0 aromatic heterocycles. The molecule has 0 spiro atoms. The zero-order valence-corrected chi connectivity index (χ0v) is 16.1. The first-order chi connectivity index (χ1) is 11.7. The fourth-order valence-electron chi connectivity index (χ4n) is 2.85. The number of rotatable bonds is 7. The van der Waals surface area contributed by atoms with Crippen molar-refractivity contribution in [3.8, 4) is 0 Å². The van der Waals surface area contributed by atoms with E-state index in [2.05, 4.69) is 55.3 Å². The normalized spacial score (nSPS) is 16.5. The minimum atomic E-state index is 0.422. The smallest absolute Gasteiger partial charge is 0.193 e. The molecule has 0 aliphatic carbocycles. The molecule has 1 saturated heterocycles. The number of thioether (sulfide) groups is 1. The number of hydrogen-bond acceptors (Lipinski definition) is 3. The molecule has 1 heterocycles. The van der Waals surface area contributed by atoms with Gasteiger partial charge in [0.05, 0.1) is 12.6 Å². The third-order valence-electron chi connectivity index (χ3n) is 4.12. The number of aryl methyl sites for hydroxylation is 1. The minimum Gasteiger partial charge on any atom is -0.378 e. The number of benzene rings is 1. The van der Waals surface area contributed by atoms with Crippen LogP contribution in [-0.2, 0) is 4.74 Å². The summed E-state index contributed by atoms with van der Waals surface area (Å²) in [4.78, 5) is 8.50. The van der Waals surface area contributed by atoms with Gasteiger partial charge in [-0.1, -0.05) is 17.7 Å². The van der Waals surface area contributed by atoms with Crippen molar-refractivity contribution >= 4 is 17.7 Å². The van der Waals surface area contributed by atoms with Gasteiger partial charge in [-0.15, -0.1) is 11.8 Å². The molecule has 1 aliphatic rings. The van der Waals surface area contributed by atoms with E-state index in [1.807, 2.05) is 11.8 Å². The first kappa shape index (κ1) is 19.1. The molecule has 5 heteroatoms. The molecule has 0 amide bonds. The van der Waals surface area contributed by atoms with Gasteiger partial charge in [-0.05, 0) is 45.7 Å². The molecule has 4 nitrogen and oxygen atoms in total. The van der Waals surface area contributed by atoms with E-state index < -0.39 is 0 Å². The second kappa shape index (κ2) is 10.6. The summed E-state index contributed by atoms with van der Waals surface area (Å²) in [5.74, 6) is 2.06. The van der Waals surface area contributed by atoms with E-state index in [0.29, 0.717) is 6.10 Å². The Bertz CT molecular complexity index is 496. The molecule has 1 aliphatic heterocycles. The number of hydrogen-bond donors (Lipinski definition) is 1. The summed E-state index contributed by atoms with van der Waals surface area (Å²) in [5.41, 5.74) is 1.31. The Hall–Kier alpha value is -1.20. The molecule has 2 rings (SSSR count). The SMILES string of the molecule is CCNC(=NCCSc1ccc(C)cc1)N1CCC(OCC)CC1. The Morgan fingerprint density at radius 3 is 2.58 bits per heavy atom. The summed E-state index contributed by atoms with van der Waals surface area (Å²) < 4.78 is 5.74. The van der Waals surface area contributed by atoms with Gasteiger partial charge >= 0.3 is 0 Å². The van der Waals surface area contributed by atoms with Crippen molar-refractivity contribution in [1.29, 1.82) is 0 Å². The second-order valence-electron chi connectivity index (χ2n) is 6.04. The lowest BCUT2D eigenvalue weighted by Crippen LogP contribution is -2.47. The van der Waals surface area contributed by atoms with Crippen molar-refractivity contribution in [2.24, 2.45) is 4.99 Å². The van der Waals surface area contributed by atoms with Crippen molar-refractivity contribution in [3.05, 3.63) is 29.8 Å². The highest BCUT2D eigenvalue weighted by molar-refractivity contribution is 7.99. The summed E-state index contributed by atoms with van der Waals surface area (Å²) in [6.07, 6.45) is 2.61. The summed E-state index contributed by atoms with van der Waals surface area (Å²) in [7, 11) is 0. The summed E-state index contributed by atoms with van der Waals surface area (Å²) >= 11 is 1.87. The maximum absolute atomic E-state index is 5.74. The number of aliphatic imine (C=N–C) groups is 1. The van der Waals surface area contributed by atoms with Crippen molar-refractivity contribution in [2.45, 2.75) is 44.6 Å². The lowest BCUT2D eigenvalue weighted by molar-refractivity contribution is 0.0264. The zero-order chi connectivity index (χ0) is 17.2. The van der Waals surface area contributed by atoms with Gasteiger partial charge in [0.25, 0.3) is 0 Å². The topological polar surface area (TPSA) is 36.9 Å². The highest BCUT2D eigenvalue weighted by Gasteiger charge is 2.21. The average molecular weight is 350 g/mol. The molecule has 24 heavy (non-hydrogen) atoms. The molecule has 0 radical (unpaired) electrons. The van der Waals surface area contributed by atoms with Gasteiger partial charge in [-0.25, -0.2) is 0 Å². The van der Waals surface area contributed by atoms with Gasteiger partial charge in [0, 0.05) is 36.9 Å². The second-order valence-corrected chi connectivity index (χ2v) is 7.21. The third kappa shape index (κ3) is 6.36. The van der Waals surface area contributed by atoms with Crippen molar-refractivity contribution < 1.29 is 4.74 Å². The maximum Gasteiger partial charge on any atom is 0.193 e. The van der Waals surface area contributed by atoms with E-state index in [4.69, 9.17) is 9.73 Å². The number of ether oxygens (including phenoxy) is 1. The molecule has 0 atom stereocenters. The van der Waals surface area contributed by atoms with Crippen LogP contribution in [0, 0.1) is 6.92 Å². The zero-order valence-electron chi connectivity index (χ0n) is 15.3. The minimum absolute atomic E-state index is 0.422. The fourth-order valence-corrected chi connectivity index (χ4v) is 3.59. The first-order valence-electron chi connectivity index (χ1n) is 9.07. The Kier molecular flexibility index (Phi) is 8.47. The monoisotopic (exact) mass is 349 g/mol. The van der Waals surface area contributed by atoms with Gasteiger partial charge < -0.3 is 15.0 Å². The van der Waals surface area contributed by atoms with E-state index in [9.17, 15) is 0 Å². The fraction of sp³-hybridized carbons (Fsp3) is 0.632. The Labute approximate surface area is 151 Å². The van der Waals surface area contributed by atoms with E-state index in [1.165, 1.54) is 10.5 Å². The summed E-state index contributed by atoms with van der Waals surface area (Å²) in [6.45, 7) is 10.9. The predicted molar refractivity (Wildman–Crippen MR) is 104 cm³/mol. The molecule has 0 unspecified atom stereocenters. The number of piperidine rings is 1. The van der Waals surface area contributed by atoms with Gasteiger partial charge in [0.2, 0.25) is 0 Å². The molecule has 1 aromatic rings. The van der Waals surface area contributed by atoms with Gasteiger partial charge in [0.1, 0.15) is 0 Å². The highest BCUT2D eigenvalue weighted by Crippen LogP contribution is 2.18. The van der Waals surface area contributed by atoms with Crippen LogP contribution >= 0.6 is 11.8 Å². The van der Waals surface area contributed by atoms with Gasteiger partial charge in [-0.3, -0.25) is 4.99 Å². The van der Waals surface area contributed by atoms with E-state index in [0.717, 1.165) is 57.3 Å². The van der Waals surface area contributed by atoms with Crippen LogP contribution in [0.1, 0.15) is 32.3 Å². The van der Waals surface area contributed by atoms with E-state index in [1.54, 1.807) is 0 Å². The quantitative estimate of drug-likeness (QED) is 0.353. The van der Waals surface area contributed by atoms with E-state index in [-0.39, 0.29) is 0 Å². The molecular weight excluding hydrogens is 318 g/mol. The van der Waals surface area contributed by atoms with Gasteiger partial charge in [-0.2, -0.15) is 0 Å². The van der Waals surface area contributed by atoms with Crippen molar-refractivity contribution in [1.82, 2.24) is 10.2 Å². The molecule has 1 fully saturated rings. The van der Waals surface area contributed by atoms with Crippen LogP contribution in [0.2, 0.25) is 0 Å². The van der Waals surface area contributed by atoms with Gasteiger partial charge in [0.15, 0.2) is 5.96 Å². The molecule has 134 valence electrons. The molecule has 1 aromatic carbocycles. The Morgan fingerprint density at radius 1 is 1.25 bits per heavy atom. The summed E-state index contributed by atoms with van der Waals surface area (Å²) in [5, 5.41) is 3.43. The molecule has 1 N–H and O–H groups in total. The van der Waals surface area contributed by atoms with Crippen LogP contribution in [0.25, 0.3) is 0 Å². The maximum atomic E-state index is 5.74. The van der Waals surface area contributed by atoms with Crippen molar-refractivity contribution in [3.63, 3.8) is 0 Å². The number of nitrogens with zero attached hydrogens (tertiary/aromatic N) is 2. The molecular formula is C19H31N3OS. The first-order valence-corrected chi connectivity index (χ1v) is 10.1. The largest absolute Gasteiger partial charge is 0.378 e. The average Bonchev–Trinajstić information content (AvgIpc) is 2.60. The van der Waals surface area contributed by atoms with Crippen LogP contribution in [0.5, 0.6) is 0 Å². The lowest BCUT2D eigenvalue weighted by atomic mass is 10.1. The van der Waals surface area contributed by atoms with Crippen LogP contribution in [0.3, 0.4) is 0 Å². The Balaban J connectivity index is 1.79. The van der Waals surface area contributed by atoms with Crippen molar-refractivity contribution in [2.75, 3.05) is 38.5 Å². The number of guanidine groups is 1. The number of likely N-dealkylation sites (tertiary alicyclic amines) is 1. The van der Waals surface area contributed by atoms with Crippen LogP contribution in [-0.4, -0.2) is 55.5 Å². The highest BCUT2D eigenvalue weighted by atomic mass is 32.2. The van der Waals surface area contributed by atoms with E-state index >= 15 is 0 Å². The summed E-state index contributed by atoms with van der Waals surface area (Å²) in [6, 6.07) is 8.71. The third-order valence-corrected chi connectivity index (χ3v) is 5.11. The molecule has 0 bridgehead atoms. The Morgan fingerprint density at radius 2 is 1.96 bits per heavy atom. The van der Waals surface area contributed by atoms with Crippen LogP contribution < -0.4 is 5.32 Å². The number of nitrogens with one attached hydrogen (secondary N) is 1. The molecule has 0 saturated carbocycles. The standard InChI is InChI=1S/C19H31N3OS/c1-4-20-19(22-13-10-17(11-14-22)23-5-2)21-12-15-24-18-8-6-16(3)7-9-18/h6-9,17H,4-5,10-15H2,1-3H3,(H,20,21).